The zero-order chi connectivity index (χ0) is 20.3. The molecule has 0 unspecified atom stereocenters. The second-order valence-corrected chi connectivity index (χ2v) is 8.11. The molecule has 9 heteroatoms. The fourth-order valence-electron chi connectivity index (χ4n) is 1.68. The van der Waals surface area contributed by atoms with E-state index in [1.165, 1.54) is 0 Å². The van der Waals surface area contributed by atoms with Crippen LogP contribution in [0.25, 0.3) is 0 Å². The fourth-order valence-corrected chi connectivity index (χ4v) is 2.35. The minimum absolute atomic E-state index is 0.0302. The molecular weight excluding hydrogens is 360 g/mol. The molecule has 0 aromatic rings. The predicted molar refractivity (Wildman–Crippen MR) is 99.4 cm³/mol. The van der Waals surface area contributed by atoms with E-state index in [1.807, 2.05) is 0 Å². The van der Waals surface area contributed by atoms with Crippen molar-refractivity contribution in [1.29, 1.82) is 0 Å². The van der Waals surface area contributed by atoms with E-state index in [1.54, 1.807) is 27.7 Å². The Hall–Kier alpha value is -1.45. The summed E-state index contributed by atoms with van der Waals surface area (Å²) in [5, 5.41) is 23.7. The van der Waals surface area contributed by atoms with Crippen LogP contribution < -0.4 is 10.6 Å². The number of carbonyl (C=O) groups is 4. The lowest BCUT2D eigenvalue weighted by Gasteiger charge is -2.27. The Morgan fingerprint density at radius 1 is 1.08 bits per heavy atom. The molecule has 4 N–H and O–H groups in total. The number of nitrogens with one attached hydrogen (secondary N) is 2. The third kappa shape index (κ3) is 9.88. The zero-order valence-electron chi connectivity index (χ0n) is 15.8. The molecule has 0 aliphatic heterocycles. The van der Waals surface area contributed by atoms with Gasteiger partial charge < -0.3 is 20.8 Å². The first-order valence-electron chi connectivity index (χ1n) is 8.53. The Morgan fingerprint density at radius 2 is 1.69 bits per heavy atom. The van der Waals surface area contributed by atoms with Crippen LogP contribution in [0.4, 0.5) is 0 Å². The summed E-state index contributed by atoms with van der Waals surface area (Å²) < 4.78 is 0. The summed E-state index contributed by atoms with van der Waals surface area (Å²) in [6.07, 6.45) is -1.44. The molecule has 26 heavy (non-hydrogen) atoms. The van der Waals surface area contributed by atoms with Crippen molar-refractivity contribution in [2.24, 2.45) is 11.3 Å². The van der Waals surface area contributed by atoms with Gasteiger partial charge in [0.1, 0.15) is 11.9 Å². The molecule has 1 atom stereocenters. The van der Waals surface area contributed by atoms with Crippen molar-refractivity contribution in [3.8, 4) is 0 Å². The molecule has 0 rings (SSSR count). The molecule has 0 saturated heterocycles. The average molecular weight is 391 g/mol. The molecule has 150 valence electrons. The Bertz CT molecular complexity index is 507. The third-order valence-electron chi connectivity index (χ3n) is 3.70. The van der Waals surface area contributed by atoms with Gasteiger partial charge in [0.25, 0.3) is 0 Å². The largest absolute Gasteiger partial charge is 0.396 e. The first-order valence-corrected chi connectivity index (χ1v) is 9.51. The number of aliphatic hydroxyl groups excluding tert-OH is 2. The van der Waals surface area contributed by atoms with Crippen molar-refractivity contribution >= 4 is 34.5 Å². The van der Waals surface area contributed by atoms with Gasteiger partial charge in [0.15, 0.2) is 5.12 Å². The molecule has 0 aromatic heterocycles. The summed E-state index contributed by atoms with van der Waals surface area (Å²) >= 11 is 1.00. The molecule has 0 fully saturated rings. The summed E-state index contributed by atoms with van der Waals surface area (Å²) in [5.41, 5.74) is -0.965. The highest BCUT2D eigenvalue weighted by Gasteiger charge is 2.32. The number of Topliss-reactive ketones (excluding diaryl/α,β-unsaturated/α-hetero) is 1. The molecule has 2 amide bonds. The molecule has 0 aromatic carbocycles. The zero-order valence-corrected chi connectivity index (χ0v) is 16.6. The molecule has 0 aliphatic rings. The van der Waals surface area contributed by atoms with E-state index in [9.17, 15) is 24.3 Å². The standard InChI is InChI=1S/C17H30N2O6S/c1-11(2)12(21)9-14(23)26-8-7-18-13(22)5-6-19-16(25)15(24)17(3,4)10-20/h11,15,20,24H,5-10H2,1-4H3,(H,18,22)(H,19,25)/t15-/m0/s1. The summed E-state index contributed by atoms with van der Waals surface area (Å²) in [6.45, 7) is 6.57. The molecule has 0 aliphatic carbocycles. The van der Waals surface area contributed by atoms with Gasteiger partial charge in [-0.2, -0.15) is 0 Å². The second-order valence-electron chi connectivity index (χ2n) is 6.96. The Labute approximate surface area is 158 Å². The van der Waals surface area contributed by atoms with E-state index in [0.717, 1.165) is 11.8 Å². The predicted octanol–water partition coefficient (Wildman–Crippen LogP) is -0.137. The van der Waals surface area contributed by atoms with Crippen LogP contribution >= 0.6 is 11.8 Å². The number of amides is 2. The van der Waals surface area contributed by atoms with Crippen molar-refractivity contribution in [3.05, 3.63) is 0 Å². The Balaban J connectivity index is 3.89. The maximum Gasteiger partial charge on any atom is 0.249 e. The lowest BCUT2D eigenvalue weighted by atomic mass is 9.87. The molecule has 0 radical (unpaired) electrons. The maximum atomic E-state index is 11.7. The quantitative estimate of drug-likeness (QED) is 0.269. The number of ketones is 1. The second kappa shape index (κ2) is 12.0. The lowest BCUT2D eigenvalue weighted by molar-refractivity contribution is -0.137. The summed E-state index contributed by atoms with van der Waals surface area (Å²) in [7, 11) is 0. The van der Waals surface area contributed by atoms with Gasteiger partial charge in [-0.05, 0) is 0 Å². The van der Waals surface area contributed by atoms with E-state index in [2.05, 4.69) is 10.6 Å². The van der Waals surface area contributed by atoms with E-state index in [0.29, 0.717) is 5.75 Å². The van der Waals surface area contributed by atoms with Crippen LogP contribution in [0.1, 0.15) is 40.5 Å². The number of hydrogen-bond acceptors (Lipinski definition) is 7. The van der Waals surface area contributed by atoms with Crippen molar-refractivity contribution in [1.82, 2.24) is 10.6 Å². The summed E-state index contributed by atoms with van der Waals surface area (Å²) in [5.74, 6) is -0.851. The van der Waals surface area contributed by atoms with Crippen LogP contribution in [-0.2, 0) is 19.2 Å². The smallest absolute Gasteiger partial charge is 0.249 e. The lowest BCUT2D eigenvalue weighted by Crippen LogP contribution is -2.46. The van der Waals surface area contributed by atoms with Crippen LogP contribution in [0.5, 0.6) is 0 Å². The SMILES string of the molecule is CC(C)C(=O)CC(=O)SCCNC(=O)CCNC(=O)[C@H](O)C(C)(C)CO. The van der Waals surface area contributed by atoms with Gasteiger partial charge in [-0.15, -0.1) is 0 Å². The van der Waals surface area contributed by atoms with Gasteiger partial charge in [-0.1, -0.05) is 39.5 Å². The molecule has 0 saturated carbocycles. The highest BCUT2D eigenvalue weighted by molar-refractivity contribution is 8.13. The number of aliphatic hydroxyl groups is 2. The Kier molecular flexibility index (Phi) is 11.4. The van der Waals surface area contributed by atoms with Crippen molar-refractivity contribution in [2.75, 3.05) is 25.4 Å². The fraction of sp³-hybridized carbons (Fsp3) is 0.765. The van der Waals surface area contributed by atoms with Crippen molar-refractivity contribution in [3.63, 3.8) is 0 Å². The summed E-state index contributed by atoms with van der Waals surface area (Å²) in [4.78, 5) is 46.4. The molecule has 0 spiro atoms. The molecule has 0 bridgehead atoms. The van der Waals surface area contributed by atoms with Crippen LogP contribution in [0.2, 0.25) is 0 Å². The number of hydrogen-bond donors (Lipinski definition) is 4. The first kappa shape index (κ1) is 24.6. The van der Waals surface area contributed by atoms with Gasteiger partial charge in [0.2, 0.25) is 11.8 Å². The molecule has 0 heterocycles. The highest BCUT2D eigenvalue weighted by atomic mass is 32.2. The van der Waals surface area contributed by atoms with Gasteiger partial charge in [-0.3, -0.25) is 19.2 Å². The Morgan fingerprint density at radius 3 is 2.23 bits per heavy atom. The van der Waals surface area contributed by atoms with Gasteiger partial charge in [0.05, 0.1) is 13.0 Å². The number of rotatable bonds is 12. The van der Waals surface area contributed by atoms with E-state index in [4.69, 9.17) is 5.11 Å². The topological polar surface area (TPSA) is 133 Å². The normalized spacial score (nSPS) is 12.6. The number of carbonyl (C=O) groups excluding carboxylic acids is 4. The van der Waals surface area contributed by atoms with Crippen LogP contribution in [0.15, 0.2) is 0 Å². The molecular formula is C17H30N2O6S. The van der Waals surface area contributed by atoms with Gasteiger partial charge in [-0.25, -0.2) is 0 Å². The van der Waals surface area contributed by atoms with Crippen molar-refractivity contribution in [2.45, 2.75) is 46.6 Å². The molecule has 8 nitrogen and oxygen atoms in total. The van der Waals surface area contributed by atoms with Gasteiger partial charge >= 0.3 is 0 Å². The van der Waals surface area contributed by atoms with Gasteiger partial charge in [0, 0.05) is 36.6 Å². The monoisotopic (exact) mass is 390 g/mol. The average Bonchev–Trinajstić information content (AvgIpc) is 2.57. The minimum Gasteiger partial charge on any atom is -0.396 e. The van der Waals surface area contributed by atoms with Crippen LogP contribution in [-0.4, -0.2) is 64.5 Å². The third-order valence-corrected chi connectivity index (χ3v) is 4.57. The van der Waals surface area contributed by atoms with Crippen LogP contribution in [0.3, 0.4) is 0 Å². The number of thioether (sulfide) groups is 1. The van der Waals surface area contributed by atoms with Crippen molar-refractivity contribution < 1.29 is 29.4 Å². The van der Waals surface area contributed by atoms with E-state index < -0.39 is 17.4 Å². The first-order chi connectivity index (χ1) is 12.0. The van der Waals surface area contributed by atoms with E-state index in [-0.39, 0.29) is 55.3 Å². The van der Waals surface area contributed by atoms with Crippen LogP contribution in [0, 0.1) is 11.3 Å². The highest BCUT2D eigenvalue weighted by Crippen LogP contribution is 2.19. The van der Waals surface area contributed by atoms with E-state index >= 15 is 0 Å². The summed E-state index contributed by atoms with van der Waals surface area (Å²) in [6, 6.07) is 0. The minimum atomic E-state index is -1.37. The maximum absolute atomic E-state index is 11.7.